The van der Waals surface area contributed by atoms with Gasteiger partial charge in [-0.2, -0.15) is 11.8 Å². The monoisotopic (exact) mass is 276 g/mol. The number of aliphatic hydroxyl groups is 1. The van der Waals surface area contributed by atoms with Gasteiger partial charge in [0.15, 0.2) is 0 Å². The minimum absolute atomic E-state index is 0.0830. The van der Waals surface area contributed by atoms with E-state index in [1.165, 1.54) is 4.90 Å². The first-order chi connectivity index (χ1) is 8.45. The lowest BCUT2D eigenvalue weighted by molar-refractivity contribution is -0.141. The number of nitrogens with one attached hydrogen (secondary N) is 1. The maximum absolute atomic E-state index is 11.8. The van der Waals surface area contributed by atoms with E-state index in [0.717, 1.165) is 5.75 Å². The number of nitrogens with zero attached hydrogens (tertiary/aromatic N) is 1. The molecule has 18 heavy (non-hydrogen) atoms. The molecule has 1 heterocycles. The average Bonchev–Trinajstić information content (AvgIpc) is 2.69. The van der Waals surface area contributed by atoms with E-state index < -0.39 is 24.1 Å². The number of hydrogen-bond acceptors (Lipinski definition) is 4. The highest BCUT2D eigenvalue weighted by molar-refractivity contribution is 7.98. The van der Waals surface area contributed by atoms with E-state index in [1.54, 1.807) is 11.8 Å². The first-order valence-corrected chi connectivity index (χ1v) is 7.29. The van der Waals surface area contributed by atoms with Crippen LogP contribution in [0.5, 0.6) is 0 Å². The Morgan fingerprint density at radius 3 is 2.78 bits per heavy atom. The van der Waals surface area contributed by atoms with Gasteiger partial charge in [0, 0.05) is 19.5 Å². The molecule has 0 aromatic heterocycles. The largest absolute Gasteiger partial charge is 0.480 e. The molecule has 1 aliphatic rings. The summed E-state index contributed by atoms with van der Waals surface area (Å²) in [4.78, 5) is 24.0. The number of carboxylic acid groups (broad SMARTS) is 1. The van der Waals surface area contributed by atoms with Gasteiger partial charge in [-0.15, -0.1) is 0 Å². The first kappa shape index (κ1) is 15.1. The van der Waals surface area contributed by atoms with Crippen molar-refractivity contribution >= 4 is 23.8 Å². The van der Waals surface area contributed by atoms with Crippen molar-refractivity contribution in [1.29, 1.82) is 0 Å². The molecule has 0 bridgehead atoms. The minimum Gasteiger partial charge on any atom is -0.480 e. The molecule has 3 N–H and O–H groups in total. The molecule has 1 saturated heterocycles. The van der Waals surface area contributed by atoms with Gasteiger partial charge in [0.05, 0.1) is 6.10 Å². The fourth-order valence-electron chi connectivity index (χ4n) is 1.98. The third-order valence-corrected chi connectivity index (χ3v) is 3.78. The molecule has 1 fully saturated rings. The van der Waals surface area contributed by atoms with Crippen molar-refractivity contribution in [3.63, 3.8) is 0 Å². The van der Waals surface area contributed by atoms with Gasteiger partial charge in [-0.25, -0.2) is 9.59 Å². The van der Waals surface area contributed by atoms with Gasteiger partial charge in [0.25, 0.3) is 0 Å². The van der Waals surface area contributed by atoms with Gasteiger partial charge in [-0.05, 0) is 17.9 Å². The molecular weight excluding hydrogens is 256 g/mol. The summed E-state index contributed by atoms with van der Waals surface area (Å²) in [5.74, 6) is 0.198. The Kier molecular flexibility index (Phi) is 5.74. The second kappa shape index (κ2) is 6.84. The van der Waals surface area contributed by atoms with Crippen molar-refractivity contribution in [3.05, 3.63) is 0 Å². The molecule has 1 aliphatic heterocycles. The number of rotatable bonds is 5. The Morgan fingerprint density at radius 2 is 2.22 bits per heavy atom. The SMILES string of the molecule is CSCC(C)CNC(=O)N1C[C@H](O)C[C@@H]1C(=O)O. The topological polar surface area (TPSA) is 89.9 Å². The van der Waals surface area contributed by atoms with Crippen molar-refractivity contribution < 1.29 is 19.8 Å². The molecule has 0 aromatic rings. The number of carboxylic acids is 1. The highest BCUT2D eigenvalue weighted by atomic mass is 32.2. The molecule has 0 radical (unpaired) electrons. The van der Waals surface area contributed by atoms with Crippen LogP contribution < -0.4 is 5.32 Å². The van der Waals surface area contributed by atoms with Crippen molar-refractivity contribution in [2.24, 2.45) is 5.92 Å². The fourth-order valence-corrected chi connectivity index (χ4v) is 2.67. The molecule has 0 aromatic carbocycles. The fraction of sp³-hybridized carbons (Fsp3) is 0.818. The number of amides is 2. The summed E-state index contributed by atoms with van der Waals surface area (Å²) in [5, 5.41) is 21.1. The highest BCUT2D eigenvalue weighted by Gasteiger charge is 2.38. The molecule has 3 atom stereocenters. The zero-order valence-electron chi connectivity index (χ0n) is 10.6. The summed E-state index contributed by atoms with van der Waals surface area (Å²) in [6, 6.07) is -1.33. The summed E-state index contributed by atoms with van der Waals surface area (Å²) in [7, 11) is 0. The van der Waals surface area contributed by atoms with Crippen LogP contribution in [0.4, 0.5) is 4.79 Å². The van der Waals surface area contributed by atoms with Crippen LogP contribution in [0.1, 0.15) is 13.3 Å². The van der Waals surface area contributed by atoms with Crippen LogP contribution in [0.3, 0.4) is 0 Å². The van der Waals surface area contributed by atoms with E-state index in [9.17, 15) is 14.7 Å². The number of carbonyl (C=O) groups excluding carboxylic acids is 1. The Hall–Kier alpha value is -0.950. The van der Waals surface area contributed by atoms with Gasteiger partial charge >= 0.3 is 12.0 Å². The number of carbonyl (C=O) groups is 2. The molecule has 6 nitrogen and oxygen atoms in total. The molecule has 7 heteroatoms. The smallest absolute Gasteiger partial charge is 0.326 e. The summed E-state index contributed by atoms with van der Waals surface area (Å²) >= 11 is 1.70. The predicted molar refractivity (Wildman–Crippen MR) is 69.7 cm³/mol. The van der Waals surface area contributed by atoms with Crippen LogP contribution in [0.15, 0.2) is 0 Å². The van der Waals surface area contributed by atoms with Crippen LogP contribution in [0.25, 0.3) is 0 Å². The second-order valence-corrected chi connectivity index (χ2v) is 5.55. The molecular formula is C11H20N2O4S. The third-order valence-electron chi connectivity index (χ3n) is 2.88. The number of hydrogen-bond donors (Lipinski definition) is 3. The number of thioether (sulfide) groups is 1. The lowest BCUT2D eigenvalue weighted by atomic mass is 10.2. The van der Waals surface area contributed by atoms with Crippen LogP contribution in [-0.2, 0) is 4.79 Å². The normalized spacial score (nSPS) is 24.9. The standard InChI is InChI=1S/C11H20N2O4S/c1-7(6-18-2)4-12-11(17)13-5-8(14)3-9(13)10(15)16/h7-9,14H,3-6H2,1-2H3,(H,12,17)(H,15,16)/t7?,8-,9-/m1/s1. The van der Waals surface area contributed by atoms with Crippen LogP contribution in [-0.4, -0.2) is 64.4 Å². The van der Waals surface area contributed by atoms with Crippen molar-refractivity contribution in [1.82, 2.24) is 10.2 Å². The number of β-amino-alcohol motifs (C(OH)–C–C–N with tert-alkyl or cyclic N) is 1. The Bertz CT molecular complexity index is 313. The minimum atomic E-state index is -1.07. The van der Waals surface area contributed by atoms with E-state index in [2.05, 4.69) is 5.32 Å². The van der Waals surface area contributed by atoms with Crippen molar-refractivity contribution in [2.45, 2.75) is 25.5 Å². The first-order valence-electron chi connectivity index (χ1n) is 5.90. The number of likely N-dealkylation sites (tertiary alicyclic amines) is 1. The highest BCUT2D eigenvalue weighted by Crippen LogP contribution is 2.18. The maximum atomic E-state index is 11.8. The van der Waals surface area contributed by atoms with Gasteiger partial charge < -0.3 is 20.4 Å². The summed E-state index contributed by atoms with van der Waals surface area (Å²) in [5.41, 5.74) is 0. The average molecular weight is 276 g/mol. The van der Waals surface area contributed by atoms with E-state index in [1.807, 2.05) is 13.2 Å². The molecule has 0 aliphatic carbocycles. The van der Waals surface area contributed by atoms with E-state index >= 15 is 0 Å². The maximum Gasteiger partial charge on any atom is 0.326 e. The van der Waals surface area contributed by atoms with Gasteiger partial charge in [-0.1, -0.05) is 6.92 Å². The van der Waals surface area contributed by atoms with Gasteiger partial charge in [-0.3, -0.25) is 0 Å². The van der Waals surface area contributed by atoms with Crippen molar-refractivity contribution in [3.8, 4) is 0 Å². The number of urea groups is 1. The number of aliphatic carboxylic acids is 1. The summed E-state index contributed by atoms with van der Waals surface area (Å²) in [6.45, 7) is 2.61. The Balaban J connectivity index is 2.47. The number of aliphatic hydroxyl groups excluding tert-OH is 1. The molecule has 1 rings (SSSR count). The van der Waals surface area contributed by atoms with Crippen LogP contribution in [0.2, 0.25) is 0 Å². The van der Waals surface area contributed by atoms with Crippen LogP contribution >= 0.6 is 11.8 Å². The molecule has 104 valence electrons. The zero-order chi connectivity index (χ0) is 13.7. The van der Waals surface area contributed by atoms with Gasteiger partial charge in [0.1, 0.15) is 6.04 Å². The summed E-state index contributed by atoms with van der Waals surface area (Å²) < 4.78 is 0. The summed E-state index contributed by atoms with van der Waals surface area (Å²) in [6.07, 6.45) is 1.35. The lowest BCUT2D eigenvalue weighted by Gasteiger charge is -2.22. The third kappa shape index (κ3) is 4.06. The Morgan fingerprint density at radius 1 is 1.56 bits per heavy atom. The van der Waals surface area contributed by atoms with Crippen LogP contribution in [0, 0.1) is 5.92 Å². The Labute approximate surface area is 111 Å². The quantitative estimate of drug-likeness (QED) is 0.668. The van der Waals surface area contributed by atoms with Gasteiger partial charge in [0.2, 0.25) is 0 Å². The lowest BCUT2D eigenvalue weighted by Crippen LogP contribution is -2.47. The van der Waals surface area contributed by atoms with E-state index in [0.29, 0.717) is 12.5 Å². The zero-order valence-corrected chi connectivity index (χ0v) is 11.4. The van der Waals surface area contributed by atoms with E-state index in [-0.39, 0.29) is 13.0 Å². The van der Waals surface area contributed by atoms with Crippen molar-refractivity contribution in [2.75, 3.05) is 25.1 Å². The van der Waals surface area contributed by atoms with E-state index in [4.69, 9.17) is 5.11 Å². The molecule has 1 unspecified atom stereocenters. The molecule has 0 saturated carbocycles. The molecule has 0 spiro atoms. The second-order valence-electron chi connectivity index (χ2n) is 4.64. The molecule has 2 amide bonds. The predicted octanol–water partition coefficient (Wildman–Crippen LogP) is 0.215.